The lowest BCUT2D eigenvalue weighted by atomic mass is 9.94. The van der Waals surface area contributed by atoms with Crippen LogP contribution in [0.25, 0.3) is 0 Å². The van der Waals surface area contributed by atoms with Crippen LogP contribution in [0.15, 0.2) is 28.7 Å². The summed E-state index contributed by atoms with van der Waals surface area (Å²) in [4.78, 5) is 11.6. The minimum absolute atomic E-state index is 0.0314. The fraction of sp³-hybridized carbons (Fsp3) is 0.556. The number of ether oxygens (including phenoxy) is 1. The third kappa shape index (κ3) is 7.78. The minimum atomic E-state index is -4.68. The van der Waals surface area contributed by atoms with Gasteiger partial charge in [-0.2, -0.15) is 17.6 Å². The van der Waals surface area contributed by atoms with Gasteiger partial charge in [0, 0.05) is 6.42 Å². The van der Waals surface area contributed by atoms with Crippen molar-refractivity contribution >= 4 is 22.7 Å². The lowest BCUT2D eigenvalue weighted by Crippen LogP contribution is -2.30. The van der Waals surface area contributed by atoms with Crippen LogP contribution in [0.1, 0.15) is 46.1 Å². The fourth-order valence-corrected chi connectivity index (χ4v) is 2.70. The van der Waals surface area contributed by atoms with E-state index in [1.165, 1.54) is 19.1 Å². The zero-order valence-electron chi connectivity index (χ0n) is 15.6. The molecule has 1 aromatic rings. The van der Waals surface area contributed by atoms with E-state index < -0.39 is 52.5 Å². The average molecular weight is 409 g/mol. The molecule has 152 valence electrons. The van der Waals surface area contributed by atoms with Crippen LogP contribution in [-0.2, 0) is 20.5 Å². The van der Waals surface area contributed by atoms with Crippen LogP contribution in [0.3, 0.4) is 0 Å². The van der Waals surface area contributed by atoms with E-state index in [4.69, 9.17) is 0 Å². The van der Waals surface area contributed by atoms with Gasteiger partial charge < -0.3 is 4.74 Å². The maximum absolute atomic E-state index is 13.4. The largest absolute Gasteiger partial charge is 0.466 e. The molecule has 1 rings (SSSR count). The Balaban J connectivity index is 3.27. The van der Waals surface area contributed by atoms with Crippen molar-refractivity contribution in [3.8, 4) is 0 Å². The van der Waals surface area contributed by atoms with Crippen molar-refractivity contribution < 1.29 is 31.3 Å². The standard InChI is InChI=1S/C18H23F4NO3S/c1-5-26-16(24)11-13(18(20,21)22)10-15(23-27(25)17(2,3)4)12-6-8-14(19)9-7-12/h6-9,13H,5,10-11H2,1-4H3/t13-,27+/m0/s1. The number of alkyl halides is 3. The summed E-state index contributed by atoms with van der Waals surface area (Å²) in [7, 11) is -1.82. The van der Waals surface area contributed by atoms with Crippen molar-refractivity contribution in [2.24, 2.45) is 10.3 Å². The number of carbonyl (C=O) groups excluding carboxylic acids is 1. The van der Waals surface area contributed by atoms with E-state index >= 15 is 0 Å². The predicted octanol–water partition coefficient (Wildman–Crippen LogP) is 4.60. The maximum atomic E-state index is 13.4. The second-order valence-electron chi connectivity index (χ2n) is 6.86. The van der Waals surface area contributed by atoms with Crippen LogP contribution in [0.2, 0.25) is 0 Å². The SMILES string of the molecule is CCOC(=O)C[C@H](CC(=N[S@](=O)C(C)(C)C)c1ccc(F)cc1)C(F)(F)F. The Morgan fingerprint density at radius 1 is 1.15 bits per heavy atom. The van der Waals surface area contributed by atoms with Crippen LogP contribution in [0, 0.1) is 11.7 Å². The molecule has 1 aromatic carbocycles. The number of hydrogen-bond donors (Lipinski definition) is 0. The van der Waals surface area contributed by atoms with Crippen LogP contribution >= 0.6 is 0 Å². The Kier molecular flexibility index (Phi) is 8.13. The molecular formula is C18H23F4NO3S. The average Bonchev–Trinajstić information content (AvgIpc) is 2.52. The molecule has 0 radical (unpaired) electrons. The molecule has 0 fully saturated rings. The maximum Gasteiger partial charge on any atom is 0.392 e. The summed E-state index contributed by atoms with van der Waals surface area (Å²) in [5.74, 6) is -3.60. The summed E-state index contributed by atoms with van der Waals surface area (Å²) in [6.45, 7) is 6.37. The van der Waals surface area contributed by atoms with Gasteiger partial charge in [0.2, 0.25) is 0 Å². The number of carbonyl (C=O) groups is 1. The van der Waals surface area contributed by atoms with E-state index in [9.17, 15) is 26.6 Å². The quantitative estimate of drug-likeness (QED) is 0.376. The van der Waals surface area contributed by atoms with Crippen molar-refractivity contribution in [1.29, 1.82) is 0 Å². The molecule has 0 aliphatic rings. The van der Waals surface area contributed by atoms with Crippen molar-refractivity contribution in [2.75, 3.05) is 6.61 Å². The highest BCUT2D eigenvalue weighted by Crippen LogP contribution is 2.33. The van der Waals surface area contributed by atoms with E-state index in [1.54, 1.807) is 20.8 Å². The number of hydrogen-bond acceptors (Lipinski definition) is 3. The van der Waals surface area contributed by atoms with Gasteiger partial charge in [0.25, 0.3) is 0 Å². The van der Waals surface area contributed by atoms with E-state index in [0.29, 0.717) is 0 Å². The van der Waals surface area contributed by atoms with Crippen molar-refractivity contribution in [2.45, 2.75) is 51.5 Å². The van der Waals surface area contributed by atoms with E-state index in [0.717, 1.165) is 12.1 Å². The Hall–Kier alpha value is -1.77. The first kappa shape index (κ1) is 23.3. The van der Waals surface area contributed by atoms with Crippen LogP contribution < -0.4 is 0 Å². The molecule has 0 heterocycles. The zero-order valence-corrected chi connectivity index (χ0v) is 16.4. The smallest absolute Gasteiger partial charge is 0.392 e. The molecule has 0 N–H and O–H groups in total. The molecule has 2 atom stereocenters. The number of nitrogens with zero attached hydrogens (tertiary/aromatic N) is 1. The minimum Gasteiger partial charge on any atom is -0.466 e. The zero-order chi connectivity index (χ0) is 20.8. The molecule has 27 heavy (non-hydrogen) atoms. The van der Waals surface area contributed by atoms with Gasteiger partial charge in [0.15, 0.2) is 0 Å². The van der Waals surface area contributed by atoms with E-state index in [-0.39, 0.29) is 17.9 Å². The molecule has 0 aliphatic heterocycles. The van der Waals surface area contributed by atoms with Crippen molar-refractivity contribution in [1.82, 2.24) is 0 Å². The molecule has 0 spiro atoms. The lowest BCUT2D eigenvalue weighted by molar-refractivity contribution is -0.182. The monoisotopic (exact) mass is 409 g/mol. The summed E-state index contributed by atoms with van der Waals surface area (Å²) >= 11 is 0. The van der Waals surface area contributed by atoms with Crippen LogP contribution in [0.5, 0.6) is 0 Å². The van der Waals surface area contributed by atoms with Crippen molar-refractivity contribution in [3.63, 3.8) is 0 Å². The molecule has 0 bridgehead atoms. The van der Waals surface area contributed by atoms with Gasteiger partial charge in [0.1, 0.15) is 16.8 Å². The van der Waals surface area contributed by atoms with Gasteiger partial charge in [-0.05, 0) is 45.4 Å². The van der Waals surface area contributed by atoms with E-state index in [2.05, 4.69) is 9.13 Å². The number of esters is 1. The van der Waals surface area contributed by atoms with E-state index in [1.807, 2.05) is 0 Å². The Morgan fingerprint density at radius 3 is 2.15 bits per heavy atom. The molecule has 4 nitrogen and oxygen atoms in total. The van der Waals surface area contributed by atoms with Crippen molar-refractivity contribution in [3.05, 3.63) is 35.6 Å². The van der Waals surface area contributed by atoms with Gasteiger partial charge in [-0.3, -0.25) is 4.79 Å². The first-order chi connectivity index (χ1) is 12.3. The highest BCUT2D eigenvalue weighted by Gasteiger charge is 2.42. The highest BCUT2D eigenvalue weighted by atomic mass is 32.2. The second kappa shape index (κ2) is 9.43. The van der Waals surface area contributed by atoms with Gasteiger partial charge in [0.05, 0.1) is 29.4 Å². The molecule has 0 saturated heterocycles. The lowest BCUT2D eigenvalue weighted by Gasteiger charge is -2.21. The third-order valence-electron chi connectivity index (χ3n) is 3.52. The van der Waals surface area contributed by atoms with Crippen LogP contribution in [-0.4, -0.2) is 33.4 Å². The molecule has 0 amide bonds. The Morgan fingerprint density at radius 2 is 1.70 bits per heavy atom. The highest BCUT2D eigenvalue weighted by molar-refractivity contribution is 7.85. The summed E-state index contributed by atoms with van der Waals surface area (Å²) in [5.41, 5.74) is 0.113. The number of halogens is 4. The van der Waals surface area contributed by atoms with Gasteiger partial charge >= 0.3 is 12.1 Å². The number of rotatable bonds is 7. The fourth-order valence-electron chi connectivity index (χ4n) is 2.05. The summed E-state index contributed by atoms with van der Waals surface area (Å²) in [6, 6.07) is 4.70. The molecule has 9 heteroatoms. The second-order valence-corrected chi connectivity index (χ2v) is 8.76. The molecule has 0 aliphatic carbocycles. The number of benzene rings is 1. The molecule has 0 saturated carbocycles. The van der Waals surface area contributed by atoms with Gasteiger partial charge in [-0.1, -0.05) is 12.1 Å². The molecule has 0 aromatic heterocycles. The van der Waals surface area contributed by atoms with Gasteiger partial charge in [-0.25, -0.2) is 8.60 Å². The summed E-state index contributed by atoms with van der Waals surface area (Å²) < 4.78 is 73.6. The van der Waals surface area contributed by atoms with Crippen LogP contribution in [0.4, 0.5) is 17.6 Å². The summed E-state index contributed by atoms with van der Waals surface area (Å²) in [5, 5.41) is 0. The first-order valence-corrected chi connectivity index (χ1v) is 9.43. The molecular weight excluding hydrogens is 386 g/mol. The third-order valence-corrected chi connectivity index (χ3v) is 4.95. The molecule has 0 unspecified atom stereocenters. The Labute approximate surface area is 158 Å². The normalized spacial score (nSPS) is 15.3. The summed E-state index contributed by atoms with van der Waals surface area (Å²) in [6.07, 6.45) is -6.23. The Bertz CT molecular complexity index is 694. The predicted molar refractivity (Wildman–Crippen MR) is 96.2 cm³/mol. The van der Waals surface area contributed by atoms with Gasteiger partial charge in [-0.15, -0.1) is 0 Å². The first-order valence-electron chi connectivity index (χ1n) is 8.32. The topological polar surface area (TPSA) is 55.7 Å².